The van der Waals surface area contributed by atoms with Gasteiger partial charge in [-0.3, -0.25) is 4.79 Å². The van der Waals surface area contributed by atoms with Crippen LogP contribution in [0.4, 0.5) is 0 Å². The van der Waals surface area contributed by atoms with Crippen LogP contribution in [0.3, 0.4) is 0 Å². The van der Waals surface area contributed by atoms with E-state index in [1.54, 1.807) is 0 Å². The molecular weight excluding hydrogens is 286 g/mol. The minimum Gasteiger partial charge on any atom is -0.337 e. The molecule has 0 bridgehead atoms. The van der Waals surface area contributed by atoms with E-state index >= 15 is 0 Å². The lowest BCUT2D eigenvalue weighted by Gasteiger charge is -2.35. The second kappa shape index (κ2) is 5.52. The first-order valence-electron chi connectivity index (χ1n) is 8.54. The number of hydrogen-bond donors (Lipinski definition) is 0. The summed E-state index contributed by atoms with van der Waals surface area (Å²) in [6.07, 6.45) is 6.04. The Balaban J connectivity index is 1.74. The van der Waals surface area contributed by atoms with Crippen LogP contribution in [0.2, 0.25) is 0 Å². The molecule has 1 saturated carbocycles. The number of benzene rings is 1. The second-order valence-corrected chi connectivity index (χ2v) is 7.03. The predicted molar refractivity (Wildman–Crippen MR) is 89.0 cm³/mol. The highest BCUT2D eigenvalue weighted by Gasteiger charge is 2.38. The smallest absolute Gasteiger partial charge is 0.226 e. The van der Waals surface area contributed by atoms with Gasteiger partial charge in [0.25, 0.3) is 0 Å². The van der Waals surface area contributed by atoms with Crippen molar-refractivity contribution in [2.75, 3.05) is 6.54 Å². The van der Waals surface area contributed by atoms with Gasteiger partial charge < -0.3 is 9.47 Å². The monoisotopic (exact) mass is 309 g/mol. The highest BCUT2D eigenvalue weighted by molar-refractivity contribution is 5.81. The van der Waals surface area contributed by atoms with Gasteiger partial charge in [-0.15, -0.1) is 0 Å². The Labute approximate surface area is 137 Å². The fourth-order valence-corrected chi connectivity index (χ4v) is 3.62. The lowest BCUT2D eigenvalue weighted by Crippen LogP contribution is -2.40. The number of fused-ring (bicyclic) bond motifs is 1. The molecule has 2 heterocycles. The molecule has 2 aliphatic rings. The molecule has 1 fully saturated rings. The maximum atomic E-state index is 12.6. The number of carbonyl (C=O) groups is 1. The summed E-state index contributed by atoms with van der Waals surface area (Å²) in [4.78, 5) is 19.3. The van der Waals surface area contributed by atoms with Gasteiger partial charge in [0, 0.05) is 37.4 Å². The Hall–Kier alpha value is -2.10. The van der Waals surface area contributed by atoms with Gasteiger partial charge in [0.05, 0.1) is 5.92 Å². The Kier molecular flexibility index (Phi) is 3.47. The van der Waals surface area contributed by atoms with Crippen molar-refractivity contribution in [3.63, 3.8) is 0 Å². The number of aromatic nitrogens is 2. The Morgan fingerprint density at radius 1 is 1.26 bits per heavy atom. The van der Waals surface area contributed by atoms with Gasteiger partial charge in [0.15, 0.2) is 0 Å². The highest BCUT2D eigenvalue weighted by atomic mass is 16.2. The zero-order valence-corrected chi connectivity index (χ0v) is 13.8. The van der Waals surface area contributed by atoms with Crippen molar-refractivity contribution in [3.05, 3.63) is 53.6 Å². The number of rotatable bonds is 3. The van der Waals surface area contributed by atoms with E-state index in [1.165, 1.54) is 11.1 Å². The summed E-state index contributed by atoms with van der Waals surface area (Å²) < 4.78 is 2.23. The summed E-state index contributed by atoms with van der Waals surface area (Å²) in [7, 11) is 0. The van der Waals surface area contributed by atoms with Crippen molar-refractivity contribution in [2.45, 2.75) is 45.2 Å². The van der Waals surface area contributed by atoms with Crippen molar-refractivity contribution >= 4 is 5.91 Å². The molecule has 4 heteroatoms. The van der Waals surface area contributed by atoms with Crippen LogP contribution in [0.15, 0.2) is 36.7 Å². The average molecular weight is 309 g/mol. The minimum absolute atomic E-state index is 0.167. The van der Waals surface area contributed by atoms with E-state index in [9.17, 15) is 4.79 Å². The molecule has 0 radical (unpaired) electrons. The topological polar surface area (TPSA) is 38.1 Å². The molecule has 120 valence electrons. The van der Waals surface area contributed by atoms with Crippen LogP contribution >= 0.6 is 0 Å². The molecule has 23 heavy (non-hydrogen) atoms. The van der Waals surface area contributed by atoms with E-state index in [0.717, 1.165) is 31.8 Å². The van der Waals surface area contributed by atoms with Crippen LogP contribution in [-0.4, -0.2) is 26.9 Å². The van der Waals surface area contributed by atoms with Crippen LogP contribution in [0.25, 0.3) is 0 Å². The third-order valence-electron chi connectivity index (χ3n) is 5.00. The average Bonchev–Trinajstić information content (AvgIpc) is 3.29. The van der Waals surface area contributed by atoms with Gasteiger partial charge in [-0.1, -0.05) is 24.3 Å². The maximum absolute atomic E-state index is 12.6. The molecular formula is C19H23N3O. The molecule has 0 N–H and O–H groups in total. The summed E-state index contributed by atoms with van der Waals surface area (Å²) >= 11 is 0. The van der Waals surface area contributed by atoms with E-state index in [0.29, 0.717) is 11.9 Å². The number of hydrogen-bond acceptors (Lipinski definition) is 2. The molecule has 4 rings (SSSR count). The van der Waals surface area contributed by atoms with Crippen molar-refractivity contribution in [3.8, 4) is 0 Å². The van der Waals surface area contributed by atoms with E-state index in [4.69, 9.17) is 0 Å². The number of imidazole rings is 1. The fraction of sp³-hybridized carbons (Fsp3) is 0.474. The third kappa shape index (κ3) is 2.56. The molecule has 2 aromatic rings. The Morgan fingerprint density at radius 2 is 2.04 bits per heavy atom. The molecule has 0 unspecified atom stereocenters. The summed E-state index contributed by atoms with van der Waals surface area (Å²) in [5, 5.41) is 0. The second-order valence-electron chi connectivity index (χ2n) is 7.03. The summed E-state index contributed by atoms with van der Waals surface area (Å²) in [5.41, 5.74) is 2.58. The standard InChI is InChI=1S/C19H23N3O/c1-13(2)22-10-9-20-18(22)17-12-21(19(23)14-7-8-14)11-15-5-3-4-6-16(15)17/h3-6,9-10,13-14,17H,7-8,11-12H2,1-2H3/t17-/m0/s1. The van der Waals surface area contributed by atoms with Gasteiger partial charge in [-0.2, -0.15) is 0 Å². The van der Waals surface area contributed by atoms with Crippen molar-refractivity contribution in [1.29, 1.82) is 0 Å². The quantitative estimate of drug-likeness (QED) is 0.872. The highest BCUT2D eigenvalue weighted by Crippen LogP contribution is 2.37. The molecule has 1 amide bonds. The summed E-state index contributed by atoms with van der Waals surface area (Å²) in [6.45, 7) is 5.83. The molecule has 1 aliphatic carbocycles. The largest absolute Gasteiger partial charge is 0.337 e. The van der Waals surface area contributed by atoms with E-state index < -0.39 is 0 Å². The van der Waals surface area contributed by atoms with Gasteiger partial charge in [-0.25, -0.2) is 4.98 Å². The molecule has 1 aliphatic heterocycles. The number of amides is 1. The van der Waals surface area contributed by atoms with Crippen LogP contribution in [0.1, 0.15) is 55.6 Å². The number of nitrogens with zero attached hydrogens (tertiary/aromatic N) is 3. The zero-order valence-electron chi connectivity index (χ0n) is 13.8. The van der Waals surface area contributed by atoms with Crippen LogP contribution in [0, 0.1) is 5.92 Å². The Bertz CT molecular complexity index is 730. The molecule has 1 aromatic heterocycles. The molecule has 0 spiro atoms. The van der Waals surface area contributed by atoms with Crippen molar-refractivity contribution in [1.82, 2.24) is 14.5 Å². The predicted octanol–water partition coefficient (Wildman–Crippen LogP) is 3.35. The van der Waals surface area contributed by atoms with Crippen molar-refractivity contribution < 1.29 is 4.79 Å². The zero-order chi connectivity index (χ0) is 16.0. The first-order chi connectivity index (χ1) is 11.1. The van der Waals surface area contributed by atoms with Gasteiger partial charge in [-0.05, 0) is 37.8 Å². The van der Waals surface area contributed by atoms with Gasteiger partial charge >= 0.3 is 0 Å². The first kappa shape index (κ1) is 14.5. The van der Waals surface area contributed by atoms with Crippen LogP contribution in [-0.2, 0) is 11.3 Å². The lowest BCUT2D eigenvalue weighted by atomic mass is 9.88. The minimum atomic E-state index is 0.167. The molecule has 4 nitrogen and oxygen atoms in total. The maximum Gasteiger partial charge on any atom is 0.226 e. The molecule has 0 saturated heterocycles. The van der Waals surface area contributed by atoms with E-state index in [2.05, 4.69) is 47.7 Å². The Morgan fingerprint density at radius 3 is 2.78 bits per heavy atom. The fourth-order valence-electron chi connectivity index (χ4n) is 3.62. The van der Waals surface area contributed by atoms with E-state index in [1.807, 2.05) is 17.3 Å². The normalized spacial score (nSPS) is 20.7. The third-order valence-corrected chi connectivity index (χ3v) is 5.00. The number of carbonyl (C=O) groups excluding carboxylic acids is 1. The van der Waals surface area contributed by atoms with E-state index in [-0.39, 0.29) is 11.8 Å². The SMILES string of the molecule is CC(C)n1ccnc1[C@H]1CN(C(=O)C2CC2)Cc2ccccc21. The van der Waals surface area contributed by atoms with Gasteiger partial charge in [0.2, 0.25) is 5.91 Å². The van der Waals surface area contributed by atoms with Crippen LogP contribution < -0.4 is 0 Å². The van der Waals surface area contributed by atoms with Crippen molar-refractivity contribution in [2.24, 2.45) is 5.92 Å². The molecule has 1 aromatic carbocycles. The van der Waals surface area contributed by atoms with Crippen LogP contribution in [0.5, 0.6) is 0 Å². The van der Waals surface area contributed by atoms with Gasteiger partial charge in [0.1, 0.15) is 5.82 Å². The summed E-state index contributed by atoms with van der Waals surface area (Å²) in [6, 6.07) is 8.87. The molecule has 1 atom stereocenters. The lowest BCUT2D eigenvalue weighted by molar-refractivity contribution is -0.133. The summed E-state index contributed by atoms with van der Waals surface area (Å²) in [5.74, 6) is 1.83. The first-order valence-corrected chi connectivity index (χ1v) is 8.54.